The van der Waals surface area contributed by atoms with Gasteiger partial charge in [-0.25, -0.2) is 9.79 Å². The van der Waals surface area contributed by atoms with Gasteiger partial charge in [0.15, 0.2) is 5.96 Å². The minimum absolute atomic E-state index is 0.0728. The summed E-state index contributed by atoms with van der Waals surface area (Å²) in [5.74, 6) is -0.320. The van der Waals surface area contributed by atoms with Gasteiger partial charge in [-0.1, -0.05) is 18.2 Å². The number of hydrogen-bond donors (Lipinski definition) is 1. The molecule has 138 valence electrons. The van der Waals surface area contributed by atoms with Crippen LogP contribution in [-0.4, -0.2) is 34.4 Å². The van der Waals surface area contributed by atoms with E-state index in [1.165, 1.54) is 12.1 Å². The van der Waals surface area contributed by atoms with Crippen LogP contribution in [0.3, 0.4) is 0 Å². The number of carbonyl (C=O) groups is 1. The molecule has 0 saturated carbocycles. The fourth-order valence-electron chi connectivity index (χ4n) is 2.81. The molecule has 1 aliphatic rings. The number of aliphatic imine (C=N–C) groups is 1. The third-order valence-corrected chi connectivity index (χ3v) is 3.84. The summed E-state index contributed by atoms with van der Waals surface area (Å²) in [6.07, 6.45) is 1.31. The van der Waals surface area contributed by atoms with Crippen LogP contribution in [0.25, 0.3) is 0 Å². The molecule has 1 atom stereocenters. The van der Waals surface area contributed by atoms with Gasteiger partial charge in [0.05, 0.1) is 28.3 Å². The summed E-state index contributed by atoms with van der Waals surface area (Å²) in [5.41, 5.74) is 7.25. The Labute approximate surface area is 151 Å². The summed E-state index contributed by atoms with van der Waals surface area (Å²) in [4.78, 5) is 29.3. The minimum atomic E-state index is -0.656. The van der Waals surface area contributed by atoms with Crippen LogP contribution >= 0.6 is 0 Å². The SMILES string of the molecule is C=CCN1C(N)=NC(C)=C(C(=O)OC(C)C)C1c1cccc([N+](=O)[O-])c1. The molecular weight excluding hydrogens is 336 g/mol. The van der Waals surface area contributed by atoms with Crippen molar-refractivity contribution in [1.29, 1.82) is 0 Å². The summed E-state index contributed by atoms with van der Waals surface area (Å²) >= 11 is 0. The van der Waals surface area contributed by atoms with E-state index in [0.717, 1.165) is 0 Å². The van der Waals surface area contributed by atoms with Crippen LogP contribution in [-0.2, 0) is 9.53 Å². The molecule has 1 heterocycles. The van der Waals surface area contributed by atoms with Crippen LogP contribution in [0.15, 0.2) is 53.2 Å². The second-order valence-corrected chi connectivity index (χ2v) is 6.12. The van der Waals surface area contributed by atoms with Gasteiger partial charge in [0.2, 0.25) is 0 Å². The van der Waals surface area contributed by atoms with E-state index in [-0.39, 0.29) is 17.8 Å². The monoisotopic (exact) mass is 358 g/mol. The first-order valence-corrected chi connectivity index (χ1v) is 8.14. The largest absolute Gasteiger partial charge is 0.459 e. The van der Waals surface area contributed by atoms with Crippen molar-refractivity contribution < 1.29 is 14.5 Å². The van der Waals surface area contributed by atoms with E-state index >= 15 is 0 Å². The first-order chi connectivity index (χ1) is 12.3. The van der Waals surface area contributed by atoms with Crippen molar-refractivity contribution in [3.8, 4) is 0 Å². The Hall–Kier alpha value is -3.16. The Bertz CT molecular complexity index is 798. The maximum absolute atomic E-state index is 12.7. The van der Waals surface area contributed by atoms with Gasteiger partial charge in [0, 0.05) is 18.7 Å². The van der Waals surface area contributed by atoms with Crippen molar-refractivity contribution in [2.24, 2.45) is 10.7 Å². The number of esters is 1. The quantitative estimate of drug-likeness (QED) is 0.362. The molecule has 8 nitrogen and oxygen atoms in total. The molecule has 1 unspecified atom stereocenters. The molecule has 0 bridgehead atoms. The van der Waals surface area contributed by atoms with Crippen LogP contribution < -0.4 is 5.73 Å². The van der Waals surface area contributed by atoms with E-state index in [2.05, 4.69) is 11.6 Å². The van der Waals surface area contributed by atoms with Gasteiger partial charge in [-0.2, -0.15) is 0 Å². The second-order valence-electron chi connectivity index (χ2n) is 6.12. The molecule has 0 amide bonds. The zero-order valence-electron chi connectivity index (χ0n) is 15.0. The molecule has 0 saturated heterocycles. The maximum atomic E-state index is 12.7. The van der Waals surface area contributed by atoms with Gasteiger partial charge in [0.1, 0.15) is 0 Å². The average Bonchev–Trinajstić information content (AvgIpc) is 2.56. The molecule has 1 aliphatic heterocycles. The van der Waals surface area contributed by atoms with Gasteiger partial charge in [-0.3, -0.25) is 10.1 Å². The van der Waals surface area contributed by atoms with Crippen LogP contribution in [0.5, 0.6) is 0 Å². The number of nitro groups is 1. The normalized spacial score (nSPS) is 17.2. The van der Waals surface area contributed by atoms with Gasteiger partial charge >= 0.3 is 5.97 Å². The zero-order valence-corrected chi connectivity index (χ0v) is 15.0. The van der Waals surface area contributed by atoms with Crippen molar-refractivity contribution in [3.05, 3.63) is 63.9 Å². The number of allylic oxidation sites excluding steroid dienone is 1. The summed E-state index contributed by atoms with van der Waals surface area (Å²) in [6.45, 7) is 9.18. The number of benzene rings is 1. The lowest BCUT2D eigenvalue weighted by Crippen LogP contribution is -2.45. The summed E-state index contributed by atoms with van der Waals surface area (Å²) in [7, 11) is 0. The minimum Gasteiger partial charge on any atom is -0.459 e. The highest BCUT2D eigenvalue weighted by Crippen LogP contribution is 2.36. The summed E-state index contributed by atoms with van der Waals surface area (Å²) < 4.78 is 5.36. The smallest absolute Gasteiger partial charge is 0.338 e. The van der Waals surface area contributed by atoms with Crippen molar-refractivity contribution in [2.45, 2.75) is 32.9 Å². The fraction of sp³-hybridized carbons (Fsp3) is 0.333. The number of hydrogen-bond acceptors (Lipinski definition) is 7. The lowest BCUT2D eigenvalue weighted by molar-refractivity contribution is -0.384. The van der Waals surface area contributed by atoms with E-state index in [9.17, 15) is 14.9 Å². The molecular formula is C18H22N4O4. The lowest BCUT2D eigenvalue weighted by atomic mass is 9.94. The Balaban J connectivity index is 2.62. The summed E-state index contributed by atoms with van der Waals surface area (Å²) in [5, 5.41) is 11.2. The maximum Gasteiger partial charge on any atom is 0.338 e. The number of nitrogens with two attached hydrogens (primary N) is 1. The molecule has 0 spiro atoms. The van der Waals surface area contributed by atoms with E-state index in [1.54, 1.807) is 43.9 Å². The van der Waals surface area contributed by atoms with E-state index in [4.69, 9.17) is 10.5 Å². The number of rotatable bonds is 6. The average molecular weight is 358 g/mol. The standard InChI is InChI=1S/C18H22N4O4/c1-5-9-21-16(13-7-6-8-14(10-13)22(24)25)15(12(4)20-18(21)19)17(23)26-11(2)3/h5-8,10-11,16H,1,9H2,2-4H3,(H2,19,20). The number of guanidine groups is 1. The van der Waals surface area contributed by atoms with Gasteiger partial charge < -0.3 is 15.4 Å². The fourth-order valence-corrected chi connectivity index (χ4v) is 2.81. The molecule has 0 radical (unpaired) electrons. The Kier molecular flexibility index (Phi) is 5.76. The Morgan fingerprint density at radius 3 is 2.81 bits per heavy atom. The van der Waals surface area contributed by atoms with Crippen molar-refractivity contribution >= 4 is 17.6 Å². The molecule has 0 aliphatic carbocycles. The first kappa shape index (κ1) is 19.2. The zero-order chi connectivity index (χ0) is 19.4. The molecule has 0 aromatic heterocycles. The number of nitrogens with zero attached hydrogens (tertiary/aromatic N) is 3. The molecule has 8 heteroatoms. The van der Waals surface area contributed by atoms with Gasteiger partial charge in [-0.05, 0) is 26.3 Å². The van der Waals surface area contributed by atoms with Crippen molar-refractivity contribution in [2.75, 3.05) is 6.54 Å². The van der Waals surface area contributed by atoms with Crippen LogP contribution in [0.4, 0.5) is 5.69 Å². The highest BCUT2D eigenvalue weighted by atomic mass is 16.6. The van der Waals surface area contributed by atoms with E-state index in [1.807, 2.05) is 0 Å². The number of nitro benzene ring substituents is 1. The highest BCUT2D eigenvalue weighted by molar-refractivity contribution is 5.95. The van der Waals surface area contributed by atoms with Crippen molar-refractivity contribution in [1.82, 2.24) is 4.90 Å². The lowest BCUT2D eigenvalue weighted by Gasteiger charge is -2.36. The van der Waals surface area contributed by atoms with Crippen LogP contribution in [0.2, 0.25) is 0 Å². The Morgan fingerprint density at radius 1 is 1.54 bits per heavy atom. The Morgan fingerprint density at radius 2 is 2.23 bits per heavy atom. The third kappa shape index (κ3) is 3.90. The number of non-ortho nitro benzene ring substituents is 1. The molecule has 2 rings (SSSR count). The predicted octanol–water partition coefficient (Wildman–Crippen LogP) is 2.68. The summed E-state index contributed by atoms with van der Waals surface area (Å²) in [6, 6.07) is 5.45. The molecule has 1 aromatic rings. The topological polar surface area (TPSA) is 111 Å². The molecule has 0 fully saturated rings. The van der Waals surface area contributed by atoms with Gasteiger partial charge in [-0.15, -0.1) is 6.58 Å². The molecule has 26 heavy (non-hydrogen) atoms. The third-order valence-electron chi connectivity index (χ3n) is 3.84. The van der Waals surface area contributed by atoms with Crippen molar-refractivity contribution in [3.63, 3.8) is 0 Å². The van der Waals surface area contributed by atoms with E-state index in [0.29, 0.717) is 23.4 Å². The highest BCUT2D eigenvalue weighted by Gasteiger charge is 2.36. The van der Waals surface area contributed by atoms with Gasteiger partial charge in [0.25, 0.3) is 5.69 Å². The first-order valence-electron chi connectivity index (χ1n) is 8.14. The molecule has 2 N–H and O–H groups in total. The van der Waals surface area contributed by atoms with E-state index < -0.39 is 16.9 Å². The van der Waals surface area contributed by atoms with Crippen LogP contribution in [0, 0.1) is 10.1 Å². The number of ether oxygens (including phenoxy) is 1. The van der Waals surface area contributed by atoms with Crippen LogP contribution in [0.1, 0.15) is 32.4 Å². The molecule has 1 aromatic carbocycles. The number of carbonyl (C=O) groups excluding carboxylic acids is 1. The second kappa shape index (κ2) is 7.81. The predicted molar refractivity (Wildman–Crippen MR) is 98.3 cm³/mol.